The van der Waals surface area contributed by atoms with Crippen LogP contribution >= 0.6 is 0 Å². The molecule has 3 fully saturated rings. The number of benzene rings is 5. The topological polar surface area (TPSA) is 511 Å². The zero-order valence-electron chi connectivity index (χ0n) is 85.7. The van der Waals surface area contributed by atoms with Gasteiger partial charge in [-0.1, -0.05) is 114 Å². The summed E-state index contributed by atoms with van der Waals surface area (Å²) in [4.78, 5) is 21.7. The van der Waals surface area contributed by atoms with Crippen molar-refractivity contribution in [2.45, 2.75) is 252 Å². The first-order valence-electron chi connectivity index (χ1n) is 47.9. The monoisotopic (exact) mass is 2040 g/mol. The first kappa shape index (κ1) is 117. The number of nitrogens with one attached hydrogen (secondary N) is 2. The van der Waals surface area contributed by atoms with Crippen LogP contribution in [0.4, 0.5) is 16.3 Å². The molecule has 5 aromatic heterocycles. The van der Waals surface area contributed by atoms with Crippen molar-refractivity contribution >= 4 is 58.3 Å². The molecule has 3 aliphatic rings. The lowest BCUT2D eigenvalue weighted by Crippen LogP contribution is -2.39. The van der Waals surface area contributed by atoms with Crippen LogP contribution in [0, 0.1) is 34.0 Å². The summed E-state index contributed by atoms with van der Waals surface area (Å²) in [6.45, 7) is 49.2. The number of ether oxygens (including phenoxy) is 4. The summed E-state index contributed by atoms with van der Waals surface area (Å²) < 4.78 is 134. The van der Waals surface area contributed by atoms with E-state index in [1.807, 2.05) is 121 Å². The molecular formula is C96H150N24O17S4. The second-order valence-electron chi connectivity index (χ2n) is 38.9. The predicted molar refractivity (Wildman–Crippen MR) is 543 cm³/mol. The fraction of sp³-hybridized carbons (Fsp3) is 0.583. The number of aromatic hydroxyl groups is 1. The zero-order chi connectivity index (χ0) is 104. The molecule has 3 aliphatic heterocycles. The number of pyridine rings is 1. The maximum absolute atomic E-state index is 13.0. The number of amides is 1. The van der Waals surface area contributed by atoms with Gasteiger partial charge in [-0.2, -0.15) is 70.5 Å². The third-order valence-electron chi connectivity index (χ3n) is 23.1. The predicted octanol–water partition coefficient (Wildman–Crippen LogP) is 14.1. The summed E-state index contributed by atoms with van der Waals surface area (Å²) in [5.74, 6) is 5.38. The van der Waals surface area contributed by atoms with Gasteiger partial charge in [-0.25, -0.2) is 14.5 Å². The van der Waals surface area contributed by atoms with Crippen LogP contribution < -0.4 is 33.7 Å². The molecule has 45 heteroatoms. The minimum atomic E-state index is -3.65. The molecular weight excluding hydrogens is 1890 g/mol. The van der Waals surface area contributed by atoms with E-state index in [0.717, 1.165) is 122 Å². The van der Waals surface area contributed by atoms with Gasteiger partial charge in [0.15, 0.2) is 0 Å². The van der Waals surface area contributed by atoms with Crippen LogP contribution in [0.2, 0.25) is 0 Å². The number of carbonyl (C=O) groups is 1. The van der Waals surface area contributed by atoms with Gasteiger partial charge in [-0.05, 0) is 283 Å². The van der Waals surface area contributed by atoms with E-state index in [1.165, 1.54) is 36.8 Å². The highest BCUT2D eigenvalue weighted by Gasteiger charge is 2.39. The molecule has 0 unspecified atom stereocenters. The van der Waals surface area contributed by atoms with Crippen LogP contribution in [0.15, 0.2) is 145 Å². The average molecular weight is 2040 g/mol. The number of tetrazole rings is 4. The van der Waals surface area contributed by atoms with Gasteiger partial charge in [0.25, 0.3) is 20.3 Å². The van der Waals surface area contributed by atoms with Gasteiger partial charge in [0, 0.05) is 93.5 Å². The van der Waals surface area contributed by atoms with Crippen molar-refractivity contribution in [3.05, 3.63) is 145 Å². The summed E-state index contributed by atoms with van der Waals surface area (Å²) in [6.07, 6.45) is 11.8. The molecule has 3 saturated heterocycles. The Morgan fingerprint density at radius 1 is 0.440 bits per heavy atom. The van der Waals surface area contributed by atoms with E-state index < -0.39 is 52.4 Å². The molecule has 1 amide bonds. The van der Waals surface area contributed by atoms with Crippen molar-refractivity contribution in [2.75, 3.05) is 102 Å². The quantitative estimate of drug-likeness (QED) is 0.0194. The number of aryl methyl sites for hydroxylation is 5. The SMILES string of the molecule is CC(C)(C)OC(=O)N1CCNS1(=O)=O.CC(C)(CCO)CCO.CCCC(C)(C)CCOS(=O)(=O)c1ccc(C)cc1.CCCC(C)(C)CCOc1ccc(-c2nnn(CC)n2)cc1.CCn1nnc(-c2ccc(O)cc2)n1.CCn1nnc(-c2ccc(OCCC(C)(C)CCN3CCN(c4ccnc(N)c4)S3(=O)=O)cc2)n1.CCn1nnc(-c2ccc(OCCC(C)(C)CCN3CCNS3(=O)=O)cc2)n1. The number of hydrogen-bond donors (Lipinski definition) is 6. The number of hydrogen-bond acceptors (Lipinski definition) is 31. The van der Waals surface area contributed by atoms with E-state index in [0.29, 0.717) is 117 Å². The van der Waals surface area contributed by atoms with Gasteiger partial charge in [-0.3, -0.25) is 8.49 Å². The minimum absolute atomic E-state index is 0.0133. The van der Waals surface area contributed by atoms with Crippen LogP contribution in [0.3, 0.4) is 0 Å². The third-order valence-corrected chi connectivity index (χ3v) is 29.5. The van der Waals surface area contributed by atoms with Crippen molar-refractivity contribution in [3.63, 3.8) is 0 Å². The normalized spacial score (nSPS) is 14.8. The number of rotatable bonds is 40. The van der Waals surface area contributed by atoms with E-state index in [2.05, 4.69) is 145 Å². The van der Waals surface area contributed by atoms with Gasteiger partial charge in [0.05, 0.1) is 69.7 Å². The first-order chi connectivity index (χ1) is 66.4. The Kier molecular flexibility index (Phi) is 45.3. The summed E-state index contributed by atoms with van der Waals surface area (Å²) in [6, 6.07) is 39.8. The van der Waals surface area contributed by atoms with Gasteiger partial charge in [0.1, 0.15) is 34.4 Å². The fourth-order valence-electron chi connectivity index (χ4n) is 14.0. The molecule has 13 rings (SSSR count). The summed E-state index contributed by atoms with van der Waals surface area (Å²) in [7, 11) is -14.1. The molecule has 0 bridgehead atoms. The highest BCUT2D eigenvalue weighted by Crippen LogP contribution is 2.35. The van der Waals surface area contributed by atoms with E-state index in [4.69, 9.17) is 44.2 Å². The Labute approximate surface area is 833 Å². The molecule has 141 heavy (non-hydrogen) atoms. The third kappa shape index (κ3) is 40.1. The van der Waals surface area contributed by atoms with E-state index in [-0.39, 0.29) is 65.2 Å². The van der Waals surface area contributed by atoms with Crippen LogP contribution in [-0.4, -0.2) is 251 Å². The Bertz CT molecular complexity index is 5880. The Morgan fingerprint density at radius 3 is 1.14 bits per heavy atom. The van der Waals surface area contributed by atoms with Crippen LogP contribution in [-0.2, 0) is 75.8 Å². The highest BCUT2D eigenvalue weighted by molar-refractivity contribution is 7.90. The zero-order valence-corrected chi connectivity index (χ0v) is 88.9. The largest absolute Gasteiger partial charge is 0.508 e. The van der Waals surface area contributed by atoms with Crippen LogP contribution in [0.1, 0.15) is 214 Å². The maximum atomic E-state index is 13.0. The van der Waals surface area contributed by atoms with Crippen molar-refractivity contribution in [3.8, 4) is 68.5 Å². The number of aliphatic hydroxyl groups excluding tert-OH is 2. The van der Waals surface area contributed by atoms with E-state index in [9.17, 15) is 38.5 Å². The second kappa shape index (κ2) is 54.5. The molecule has 8 heterocycles. The number of nitrogen functional groups attached to an aromatic ring is 1. The Balaban J connectivity index is 0.000000232. The summed E-state index contributed by atoms with van der Waals surface area (Å²) >= 11 is 0. The summed E-state index contributed by atoms with van der Waals surface area (Å²) in [5, 5.41) is 75.0. The number of nitrogens with zero attached hydrogens (tertiary/aromatic N) is 21. The number of carbonyl (C=O) groups excluding carboxylic acids is 1. The van der Waals surface area contributed by atoms with E-state index in [1.54, 1.807) is 95.8 Å². The molecule has 0 spiro atoms. The molecule has 0 saturated carbocycles. The van der Waals surface area contributed by atoms with Gasteiger partial charge >= 0.3 is 26.5 Å². The summed E-state index contributed by atoms with van der Waals surface area (Å²) in [5.41, 5.74) is 10.7. The molecule has 0 radical (unpaired) electrons. The standard InChI is InChI=1S/C23H32N8O3S.C18H28N6O3S.C17H26N4O.C15H24O3S.C9H10N4O.C7H14N2O4S.C7H16O2/c1-4-31-27-22(26-28-31)18-5-7-20(8-6-18)34-16-11-23(2,3)10-13-29-14-15-30(35(29,32)33)19-9-12-25-21(24)17-19;1-4-24-21-17(20-22-24)15-5-7-16(8-6-15)27-14-10-18(2,3)9-12-23-13-11-19-28(23,25)26;1-5-11-17(3,4)12-13-22-15-9-7-14(8-10-15)16-18-20-21(6-2)19-16;1-5-10-15(3,4)11-12-18-19(16,17)14-8-6-13(2)7-9-14;1-2-13-11-9(10-12-13)7-3-5-8(14)6-4-7;1-7(2,3)13-6(10)9-5-4-8-14(9,11)12;1-7(2,3-5-8)4-6-9/h5-9,12,17H,4,10-11,13-16H2,1-3H3,(H2,24,25);5-8,19H,4,9-14H2,1-3H3;7-10H,5-6,11-13H2,1-4H3;6-9H,5,10-12H2,1-4H3;3-6,14H,2H2,1H3;8H,4-5H2,1-3H3;8-9H,3-6H2,1-2H3. The van der Waals surface area contributed by atoms with Gasteiger partial charge < -0.3 is 40.0 Å². The lowest BCUT2D eigenvalue weighted by atomic mass is 9.85. The van der Waals surface area contributed by atoms with Crippen molar-refractivity contribution in [2.24, 2.45) is 27.1 Å². The molecule has 0 atom stereocenters. The molecule has 5 aromatic carbocycles. The molecule has 41 nitrogen and oxygen atoms in total. The number of aromatic nitrogens is 17. The Hall–Kier alpha value is -10.9. The fourth-order valence-corrected chi connectivity index (χ4v) is 18.8. The lowest BCUT2D eigenvalue weighted by molar-refractivity contribution is 0.0404. The number of aliphatic hydroxyl groups is 2. The van der Waals surface area contributed by atoms with Crippen LogP contribution in [0.5, 0.6) is 23.0 Å². The number of phenolic OH excluding ortho intramolecular Hbond substituents is 1. The average Bonchev–Trinajstić information content (AvgIpc) is 1.63. The van der Waals surface area contributed by atoms with Gasteiger partial charge in [-0.15, -0.1) is 40.8 Å². The molecule has 7 N–H and O–H groups in total. The second-order valence-corrected chi connectivity index (χ2v) is 45.8. The van der Waals surface area contributed by atoms with E-state index >= 15 is 0 Å². The number of nitrogens with two attached hydrogens (primary N) is 1. The minimum Gasteiger partial charge on any atom is -0.508 e. The molecule has 10 aromatic rings. The lowest BCUT2D eigenvalue weighted by Gasteiger charge is -2.27. The number of anilines is 2. The van der Waals surface area contributed by atoms with Crippen LogP contribution in [0.25, 0.3) is 45.6 Å². The highest BCUT2D eigenvalue weighted by atomic mass is 32.2. The molecule has 780 valence electrons. The maximum Gasteiger partial charge on any atom is 0.425 e. The Morgan fingerprint density at radius 2 is 0.801 bits per heavy atom. The van der Waals surface area contributed by atoms with Crippen molar-refractivity contribution in [1.29, 1.82) is 0 Å². The number of phenols is 1. The van der Waals surface area contributed by atoms with Crippen molar-refractivity contribution < 1.29 is 76.9 Å². The van der Waals surface area contributed by atoms with Gasteiger partial charge in [0.2, 0.25) is 23.3 Å². The van der Waals surface area contributed by atoms with Crippen molar-refractivity contribution in [1.82, 2.24) is 108 Å². The molecule has 0 aliphatic carbocycles. The first-order valence-corrected chi connectivity index (χ1v) is 53.6. The smallest absolute Gasteiger partial charge is 0.425 e.